The van der Waals surface area contributed by atoms with Crippen LogP contribution in [0.25, 0.3) is 10.9 Å². The van der Waals surface area contributed by atoms with Gasteiger partial charge in [0.1, 0.15) is 6.17 Å². The molecule has 0 saturated heterocycles. The maximum absolute atomic E-state index is 13.5. The molecule has 0 bridgehead atoms. The minimum Gasteiger partial charge on any atom is -0.481 e. The molecule has 0 saturated carbocycles. The van der Waals surface area contributed by atoms with Crippen molar-refractivity contribution in [3.8, 4) is 5.88 Å². The minimum atomic E-state index is -0.225. The van der Waals surface area contributed by atoms with E-state index < -0.39 is 0 Å². The Morgan fingerprint density at radius 2 is 1.92 bits per heavy atom. The number of carbonyl (C=O) groups is 2. The van der Waals surface area contributed by atoms with E-state index in [9.17, 15) is 9.59 Å². The second-order valence-electron chi connectivity index (χ2n) is 9.17. The zero-order valence-corrected chi connectivity index (χ0v) is 20.3. The zero-order chi connectivity index (χ0) is 24.8. The molecule has 2 aliphatic heterocycles. The van der Waals surface area contributed by atoms with Crippen molar-refractivity contribution in [1.29, 1.82) is 0 Å². The van der Waals surface area contributed by atoms with Crippen LogP contribution in [0.4, 0.5) is 11.4 Å². The molecule has 2 aromatic heterocycles. The molecule has 182 valence electrons. The highest BCUT2D eigenvalue weighted by molar-refractivity contribution is 6.02. The van der Waals surface area contributed by atoms with Crippen molar-refractivity contribution in [2.75, 3.05) is 30.9 Å². The van der Waals surface area contributed by atoms with Gasteiger partial charge in [-0.25, -0.2) is 4.98 Å². The number of carbonyl (C=O) groups excluding carboxylic acids is 2. The summed E-state index contributed by atoms with van der Waals surface area (Å²) >= 11 is 0. The zero-order valence-electron chi connectivity index (χ0n) is 20.3. The summed E-state index contributed by atoms with van der Waals surface area (Å²) in [5.74, 6) is 0.455. The summed E-state index contributed by atoms with van der Waals surface area (Å²) < 4.78 is 7.31. The third kappa shape index (κ3) is 3.48. The number of methoxy groups -OCH3 is 1. The van der Waals surface area contributed by atoms with Crippen molar-refractivity contribution >= 4 is 34.1 Å². The second-order valence-corrected chi connectivity index (χ2v) is 9.17. The first kappa shape index (κ1) is 22.2. The van der Waals surface area contributed by atoms with Crippen LogP contribution in [-0.4, -0.2) is 47.0 Å². The number of hydrogen-bond donors (Lipinski definition) is 1. The van der Waals surface area contributed by atoms with Crippen molar-refractivity contribution in [3.63, 3.8) is 0 Å². The van der Waals surface area contributed by atoms with E-state index in [-0.39, 0.29) is 24.4 Å². The van der Waals surface area contributed by atoms with Crippen LogP contribution in [0.3, 0.4) is 0 Å². The summed E-state index contributed by atoms with van der Waals surface area (Å²) in [7, 11) is 3.60. The summed E-state index contributed by atoms with van der Waals surface area (Å²) in [4.78, 5) is 34.6. The first-order chi connectivity index (χ1) is 17.6. The topological polar surface area (TPSA) is 79.7 Å². The molecule has 6 rings (SSSR count). The molecule has 0 fully saturated rings. The number of pyridine rings is 1. The Labute approximate surface area is 209 Å². The Kier molecular flexibility index (Phi) is 5.36. The molecule has 4 heterocycles. The van der Waals surface area contributed by atoms with Gasteiger partial charge in [-0.2, -0.15) is 0 Å². The van der Waals surface area contributed by atoms with Gasteiger partial charge in [0, 0.05) is 43.5 Å². The molecule has 1 N–H and O–H groups in total. The van der Waals surface area contributed by atoms with Crippen LogP contribution in [-0.2, 0) is 17.8 Å². The monoisotopic (exact) mass is 481 g/mol. The lowest BCUT2D eigenvalue weighted by molar-refractivity contribution is -0.116. The van der Waals surface area contributed by atoms with Gasteiger partial charge in [-0.1, -0.05) is 30.3 Å². The number of hydrogen-bond acceptors (Lipinski definition) is 5. The van der Waals surface area contributed by atoms with Crippen LogP contribution in [0.2, 0.25) is 0 Å². The van der Waals surface area contributed by atoms with Crippen molar-refractivity contribution < 1.29 is 14.3 Å². The highest BCUT2D eigenvalue weighted by atomic mass is 16.5. The largest absolute Gasteiger partial charge is 0.481 e. The normalized spacial score (nSPS) is 16.4. The van der Waals surface area contributed by atoms with Crippen molar-refractivity contribution in [2.24, 2.45) is 0 Å². The van der Waals surface area contributed by atoms with Crippen molar-refractivity contribution in [2.45, 2.75) is 25.6 Å². The molecule has 4 aromatic rings. The van der Waals surface area contributed by atoms with Crippen LogP contribution >= 0.6 is 0 Å². The summed E-state index contributed by atoms with van der Waals surface area (Å²) in [5.41, 5.74) is 5.72. The van der Waals surface area contributed by atoms with E-state index in [1.165, 1.54) is 10.9 Å². The van der Waals surface area contributed by atoms with Crippen LogP contribution in [0.5, 0.6) is 5.88 Å². The number of nitrogens with zero attached hydrogens (tertiary/aromatic N) is 4. The first-order valence-corrected chi connectivity index (χ1v) is 12.1. The fourth-order valence-electron chi connectivity index (χ4n) is 5.56. The quantitative estimate of drug-likeness (QED) is 0.462. The molecule has 2 aliphatic rings. The minimum absolute atomic E-state index is 0.0564. The summed E-state index contributed by atoms with van der Waals surface area (Å²) in [6.45, 7) is 1.16. The average molecular weight is 482 g/mol. The number of para-hydroxylation sites is 2. The number of rotatable bonds is 5. The number of amides is 2. The van der Waals surface area contributed by atoms with E-state index in [1.807, 2.05) is 48.3 Å². The number of ether oxygens (including phenoxy) is 1. The van der Waals surface area contributed by atoms with E-state index in [0.717, 1.165) is 28.9 Å². The van der Waals surface area contributed by atoms with Gasteiger partial charge in [0.15, 0.2) is 0 Å². The summed E-state index contributed by atoms with van der Waals surface area (Å²) in [6.07, 6.45) is 2.43. The number of anilines is 2. The lowest BCUT2D eigenvalue weighted by Gasteiger charge is -2.46. The number of fused-ring (bicyclic) bond motifs is 6. The van der Waals surface area contributed by atoms with E-state index in [0.29, 0.717) is 24.7 Å². The summed E-state index contributed by atoms with van der Waals surface area (Å²) in [6, 6.07) is 19.6. The highest BCUT2D eigenvalue weighted by Crippen LogP contribution is 2.44. The molecule has 8 heteroatoms. The molecule has 0 spiro atoms. The highest BCUT2D eigenvalue weighted by Gasteiger charge is 2.42. The second kappa shape index (κ2) is 8.71. The third-order valence-electron chi connectivity index (χ3n) is 7.20. The number of nitrogens with one attached hydrogen (secondary N) is 1. The lowest BCUT2D eigenvalue weighted by Crippen LogP contribution is -2.51. The predicted molar refractivity (Wildman–Crippen MR) is 138 cm³/mol. The van der Waals surface area contributed by atoms with Crippen LogP contribution in [0, 0.1) is 0 Å². The van der Waals surface area contributed by atoms with Crippen LogP contribution in [0.15, 0.2) is 66.9 Å². The molecule has 0 radical (unpaired) electrons. The molecular weight excluding hydrogens is 454 g/mol. The van der Waals surface area contributed by atoms with E-state index in [2.05, 4.69) is 31.9 Å². The standard InChI is InChI=1S/C28H27N5O3/c1-31-22-9-5-4-8-21(22)28(35)33-15-13-20-19-7-3-6-10-23(19)32(26(20)27(31)33)16-14-24(34)30-18-11-12-25(36-2)29-17-18/h3-12,17,27H,13-16H2,1-2H3,(H,30,34). The van der Waals surface area contributed by atoms with Gasteiger partial charge in [0.05, 0.1) is 35.9 Å². The third-order valence-corrected chi connectivity index (χ3v) is 7.20. The molecular formula is C28H27N5O3. The Balaban J connectivity index is 1.35. The average Bonchev–Trinajstić information content (AvgIpc) is 3.24. The van der Waals surface area contributed by atoms with Gasteiger partial charge in [-0.3, -0.25) is 9.59 Å². The molecule has 2 amide bonds. The Morgan fingerprint density at radius 1 is 1.11 bits per heavy atom. The van der Waals surface area contributed by atoms with Gasteiger partial charge in [0.25, 0.3) is 5.91 Å². The van der Waals surface area contributed by atoms with E-state index >= 15 is 0 Å². The van der Waals surface area contributed by atoms with E-state index in [1.54, 1.807) is 25.4 Å². The maximum Gasteiger partial charge on any atom is 0.257 e. The van der Waals surface area contributed by atoms with Gasteiger partial charge in [0.2, 0.25) is 11.8 Å². The first-order valence-electron chi connectivity index (χ1n) is 12.1. The fraction of sp³-hybridized carbons (Fsp3) is 0.250. The maximum atomic E-state index is 13.5. The lowest BCUT2D eigenvalue weighted by atomic mass is 9.96. The van der Waals surface area contributed by atoms with Gasteiger partial charge in [-0.05, 0) is 36.2 Å². The van der Waals surface area contributed by atoms with Crippen molar-refractivity contribution in [3.05, 3.63) is 83.7 Å². The predicted octanol–water partition coefficient (Wildman–Crippen LogP) is 4.22. The SMILES string of the molecule is COc1ccc(NC(=O)CCn2c3c(c4ccccc42)CCN2C(=O)c4ccccc4N(C)C32)cn1. The molecule has 2 aromatic carbocycles. The fourth-order valence-corrected chi connectivity index (χ4v) is 5.56. The Bertz CT molecular complexity index is 1480. The Morgan fingerprint density at radius 3 is 2.72 bits per heavy atom. The molecule has 36 heavy (non-hydrogen) atoms. The number of aromatic nitrogens is 2. The number of benzene rings is 2. The van der Waals surface area contributed by atoms with E-state index in [4.69, 9.17) is 4.74 Å². The van der Waals surface area contributed by atoms with Gasteiger partial charge < -0.3 is 24.4 Å². The van der Waals surface area contributed by atoms with Crippen LogP contribution < -0.4 is 15.0 Å². The molecule has 0 aliphatic carbocycles. The molecule has 8 nitrogen and oxygen atoms in total. The number of aryl methyl sites for hydroxylation is 1. The molecule has 1 unspecified atom stereocenters. The smallest absolute Gasteiger partial charge is 0.257 e. The van der Waals surface area contributed by atoms with Crippen molar-refractivity contribution in [1.82, 2.24) is 14.5 Å². The van der Waals surface area contributed by atoms with Gasteiger partial charge >= 0.3 is 0 Å². The summed E-state index contributed by atoms with van der Waals surface area (Å²) in [5, 5.41) is 4.11. The Hall–Kier alpha value is -4.33. The van der Waals surface area contributed by atoms with Crippen LogP contribution in [0.1, 0.15) is 34.2 Å². The molecule has 1 atom stereocenters. The van der Waals surface area contributed by atoms with Gasteiger partial charge in [-0.15, -0.1) is 0 Å².